The Labute approximate surface area is 103 Å². The minimum atomic E-state index is -0.505. The largest absolute Gasteiger partial charge is 0.494 e. The third kappa shape index (κ3) is 2.34. The molecule has 0 heterocycles. The minimum absolute atomic E-state index is 0.0146. The van der Waals surface area contributed by atoms with Gasteiger partial charge >= 0.3 is 0 Å². The Morgan fingerprint density at radius 3 is 2.61 bits per heavy atom. The molecule has 0 aliphatic carbocycles. The topological polar surface area (TPSA) is 47.3 Å². The number of benzene rings is 2. The van der Waals surface area contributed by atoms with Gasteiger partial charge < -0.3 is 15.8 Å². The van der Waals surface area contributed by atoms with Crippen LogP contribution >= 0.6 is 0 Å². The molecule has 0 saturated carbocycles. The van der Waals surface area contributed by atoms with Gasteiger partial charge in [-0.25, -0.2) is 8.78 Å². The molecule has 0 spiro atoms. The molecule has 0 bridgehead atoms. The van der Waals surface area contributed by atoms with Crippen LogP contribution in [0.5, 0.6) is 5.75 Å². The number of rotatable bonds is 3. The van der Waals surface area contributed by atoms with Crippen molar-refractivity contribution < 1.29 is 13.5 Å². The minimum Gasteiger partial charge on any atom is -0.494 e. The van der Waals surface area contributed by atoms with E-state index in [0.29, 0.717) is 11.4 Å². The molecule has 0 atom stereocenters. The Hall–Kier alpha value is -2.30. The summed E-state index contributed by atoms with van der Waals surface area (Å²) in [5.74, 6) is -0.862. The van der Waals surface area contributed by atoms with Crippen molar-refractivity contribution in [2.24, 2.45) is 0 Å². The van der Waals surface area contributed by atoms with Crippen LogP contribution in [0.4, 0.5) is 25.8 Å². The van der Waals surface area contributed by atoms with Gasteiger partial charge in [0.25, 0.3) is 0 Å². The number of hydrogen-bond donors (Lipinski definition) is 2. The summed E-state index contributed by atoms with van der Waals surface area (Å²) in [6.45, 7) is 0. The number of ether oxygens (including phenoxy) is 1. The Balaban J connectivity index is 2.31. The van der Waals surface area contributed by atoms with Crippen LogP contribution in [0.3, 0.4) is 0 Å². The Kier molecular flexibility index (Phi) is 3.32. The smallest absolute Gasteiger partial charge is 0.165 e. The van der Waals surface area contributed by atoms with Gasteiger partial charge in [0.1, 0.15) is 5.82 Å². The molecular weight excluding hydrogens is 238 g/mol. The van der Waals surface area contributed by atoms with Crippen LogP contribution in [-0.4, -0.2) is 7.11 Å². The van der Waals surface area contributed by atoms with Crippen molar-refractivity contribution in [1.29, 1.82) is 0 Å². The van der Waals surface area contributed by atoms with E-state index in [2.05, 4.69) is 5.32 Å². The van der Waals surface area contributed by atoms with E-state index in [9.17, 15) is 8.78 Å². The fourth-order valence-electron chi connectivity index (χ4n) is 1.54. The van der Waals surface area contributed by atoms with E-state index in [4.69, 9.17) is 10.5 Å². The number of anilines is 3. The number of para-hydroxylation sites is 1. The van der Waals surface area contributed by atoms with E-state index in [0.717, 1.165) is 0 Å². The SMILES string of the molecule is COc1cc(Nc2cccc(F)c2N)ccc1F. The first kappa shape index (κ1) is 12.2. The molecule has 94 valence electrons. The van der Waals surface area contributed by atoms with Gasteiger partial charge in [-0.05, 0) is 24.3 Å². The van der Waals surface area contributed by atoms with E-state index >= 15 is 0 Å². The standard InChI is InChI=1S/C13H12F2N2O/c1-18-12-7-8(5-6-9(12)14)17-11-4-2-3-10(15)13(11)16/h2-7,17H,16H2,1H3. The van der Waals surface area contributed by atoms with Crippen LogP contribution in [0.15, 0.2) is 36.4 Å². The second kappa shape index (κ2) is 4.91. The summed E-state index contributed by atoms with van der Waals surface area (Å²) >= 11 is 0. The van der Waals surface area contributed by atoms with E-state index in [-0.39, 0.29) is 11.4 Å². The number of nitrogens with two attached hydrogens (primary N) is 1. The maximum atomic E-state index is 13.2. The van der Waals surface area contributed by atoms with Crippen molar-refractivity contribution in [3.05, 3.63) is 48.0 Å². The highest BCUT2D eigenvalue weighted by Crippen LogP contribution is 2.28. The average Bonchev–Trinajstić information content (AvgIpc) is 2.37. The van der Waals surface area contributed by atoms with Gasteiger partial charge in [0.05, 0.1) is 18.5 Å². The lowest BCUT2D eigenvalue weighted by Gasteiger charge is -2.11. The third-order valence-corrected chi connectivity index (χ3v) is 2.48. The van der Waals surface area contributed by atoms with Crippen LogP contribution in [0, 0.1) is 11.6 Å². The maximum Gasteiger partial charge on any atom is 0.165 e. The molecule has 2 aromatic carbocycles. The van der Waals surface area contributed by atoms with Gasteiger partial charge in [0.2, 0.25) is 0 Å². The van der Waals surface area contributed by atoms with Crippen LogP contribution in [0.2, 0.25) is 0 Å². The molecule has 3 N–H and O–H groups in total. The van der Waals surface area contributed by atoms with Crippen LogP contribution < -0.4 is 15.8 Å². The number of nitrogen functional groups attached to an aromatic ring is 1. The fourth-order valence-corrected chi connectivity index (χ4v) is 1.54. The Morgan fingerprint density at radius 2 is 1.89 bits per heavy atom. The van der Waals surface area contributed by atoms with Gasteiger partial charge in [-0.2, -0.15) is 0 Å². The maximum absolute atomic E-state index is 13.2. The lowest BCUT2D eigenvalue weighted by atomic mass is 10.2. The van der Waals surface area contributed by atoms with Crippen molar-refractivity contribution in [1.82, 2.24) is 0 Å². The average molecular weight is 250 g/mol. The monoisotopic (exact) mass is 250 g/mol. The quantitative estimate of drug-likeness (QED) is 0.822. The summed E-state index contributed by atoms with van der Waals surface area (Å²) in [6, 6.07) is 8.69. The summed E-state index contributed by atoms with van der Waals surface area (Å²) in [7, 11) is 1.37. The number of halogens is 2. The van der Waals surface area contributed by atoms with Gasteiger partial charge in [0, 0.05) is 11.8 Å². The first-order chi connectivity index (χ1) is 8.61. The van der Waals surface area contributed by atoms with Crippen LogP contribution in [0.1, 0.15) is 0 Å². The number of hydrogen-bond acceptors (Lipinski definition) is 3. The van der Waals surface area contributed by atoms with E-state index in [1.54, 1.807) is 6.07 Å². The lowest BCUT2D eigenvalue weighted by molar-refractivity contribution is 0.387. The second-order valence-corrected chi connectivity index (χ2v) is 3.68. The van der Waals surface area contributed by atoms with Crippen LogP contribution in [0.25, 0.3) is 0 Å². The molecule has 0 radical (unpaired) electrons. The third-order valence-electron chi connectivity index (χ3n) is 2.48. The van der Waals surface area contributed by atoms with Gasteiger partial charge in [-0.15, -0.1) is 0 Å². The number of nitrogens with one attached hydrogen (secondary N) is 1. The molecule has 0 amide bonds. The Morgan fingerprint density at radius 1 is 1.11 bits per heavy atom. The van der Waals surface area contributed by atoms with Crippen molar-refractivity contribution >= 4 is 17.1 Å². The highest BCUT2D eigenvalue weighted by molar-refractivity contribution is 5.73. The molecule has 0 unspecified atom stereocenters. The molecule has 18 heavy (non-hydrogen) atoms. The Bertz CT molecular complexity index is 573. The molecular formula is C13H12F2N2O. The first-order valence-electron chi connectivity index (χ1n) is 5.26. The molecule has 0 fully saturated rings. The molecule has 2 rings (SSSR count). The highest BCUT2D eigenvalue weighted by Gasteiger charge is 2.07. The number of methoxy groups -OCH3 is 1. The fraction of sp³-hybridized carbons (Fsp3) is 0.0769. The van der Waals surface area contributed by atoms with E-state index < -0.39 is 11.6 Å². The summed E-state index contributed by atoms with van der Waals surface area (Å²) in [4.78, 5) is 0. The van der Waals surface area contributed by atoms with E-state index in [1.165, 1.54) is 37.4 Å². The molecule has 3 nitrogen and oxygen atoms in total. The molecule has 2 aromatic rings. The summed E-state index contributed by atoms with van der Waals surface area (Å²) in [6.07, 6.45) is 0. The lowest BCUT2D eigenvalue weighted by Crippen LogP contribution is -1.99. The molecule has 0 saturated heterocycles. The summed E-state index contributed by atoms with van der Waals surface area (Å²) in [5.41, 5.74) is 6.58. The normalized spacial score (nSPS) is 10.2. The molecule has 5 heteroatoms. The van der Waals surface area contributed by atoms with Gasteiger partial charge in [-0.1, -0.05) is 6.07 Å². The molecule has 0 aromatic heterocycles. The summed E-state index contributed by atoms with van der Waals surface area (Å²) in [5, 5.41) is 2.90. The van der Waals surface area contributed by atoms with Crippen molar-refractivity contribution in [3.63, 3.8) is 0 Å². The second-order valence-electron chi connectivity index (χ2n) is 3.68. The van der Waals surface area contributed by atoms with Crippen molar-refractivity contribution in [2.45, 2.75) is 0 Å². The van der Waals surface area contributed by atoms with Gasteiger partial charge in [-0.3, -0.25) is 0 Å². The molecule has 0 aliphatic heterocycles. The van der Waals surface area contributed by atoms with Crippen LogP contribution in [-0.2, 0) is 0 Å². The van der Waals surface area contributed by atoms with E-state index in [1.807, 2.05) is 0 Å². The van der Waals surface area contributed by atoms with Crippen molar-refractivity contribution in [2.75, 3.05) is 18.2 Å². The van der Waals surface area contributed by atoms with Gasteiger partial charge in [0.15, 0.2) is 11.6 Å². The highest BCUT2D eigenvalue weighted by atomic mass is 19.1. The zero-order chi connectivity index (χ0) is 13.1. The predicted molar refractivity (Wildman–Crippen MR) is 67.0 cm³/mol. The zero-order valence-corrected chi connectivity index (χ0v) is 9.71. The van der Waals surface area contributed by atoms with Crippen molar-refractivity contribution in [3.8, 4) is 5.75 Å². The summed E-state index contributed by atoms with van der Waals surface area (Å²) < 4.78 is 31.3. The predicted octanol–water partition coefficient (Wildman–Crippen LogP) is 3.30. The first-order valence-corrected chi connectivity index (χ1v) is 5.26. The zero-order valence-electron chi connectivity index (χ0n) is 9.71. The molecule has 0 aliphatic rings.